The van der Waals surface area contributed by atoms with E-state index in [-0.39, 0.29) is 85.9 Å². The zero-order valence-electron chi connectivity index (χ0n) is 62.3. The van der Waals surface area contributed by atoms with Gasteiger partial charge in [-0.2, -0.15) is 0 Å². The van der Waals surface area contributed by atoms with Crippen LogP contribution in [0.5, 0.6) is 0 Å². The van der Waals surface area contributed by atoms with Crippen LogP contribution in [0.15, 0.2) is 334 Å². The molecule has 2 aliphatic heterocycles. The van der Waals surface area contributed by atoms with Crippen molar-refractivity contribution in [1.82, 2.24) is 0 Å². The molecule has 3 aliphatic rings. The van der Waals surface area contributed by atoms with Crippen molar-refractivity contribution in [3.8, 4) is 0 Å². The summed E-state index contributed by atoms with van der Waals surface area (Å²) in [4.78, 5) is 0. The first-order valence-electron chi connectivity index (χ1n) is 38.4. The maximum Gasteiger partial charge on any atom is 0.187 e. The van der Waals surface area contributed by atoms with Gasteiger partial charge in [0, 0.05) is 0 Å². The summed E-state index contributed by atoms with van der Waals surface area (Å²) >= 11 is 0. The normalized spacial score (nSPS) is 24.6. The maximum atomic E-state index is 14.5. The molecule has 111 heavy (non-hydrogen) atoms. The van der Waals surface area contributed by atoms with Gasteiger partial charge in [-0.1, -0.05) is 334 Å². The summed E-state index contributed by atoms with van der Waals surface area (Å²) in [5, 5.41) is 14.5. The highest BCUT2D eigenvalue weighted by atomic mass is 16.8. The van der Waals surface area contributed by atoms with Gasteiger partial charge in [-0.3, -0.25) is 0 Å². The maximum absolute atomic E-state index is 14.5. The van der Waals surface area contributed by atoms with E-state index < -0.39 is 98.0 Å². The quantitative estimate of drug-likeness (QED) is 0.0387. The van der Waals surface area contributed by atoms with Gasteiger partial charge in [-0.15, -0.1) is 0 Å². The Bertz CT molecular complexity index is 4090. The van der Waals surface area contributed by atoms with Gasteiger partial charge >= 0.3 is 0 Å². The number of benzene rings is 11. The summed E-state index contributed by atoms with van der Waals surface area (Å²) in [6, 6.07) is 110. The van der Waals surface area contributed by atoms with E-state index in [4.69, 9.17) is 71.1 Å². The van der Waals surface area contributed by atoms with Crippen LogP contribution < -0.4 is 0 Å². The monoisotopic (exact) mass is 1490 g/mol. The molecule has 0 amide bonds. The summed E-state index contributed by atoms with van der Waals surface area (Å²) in [7, 11) is 0. The van der Waals surface area contributed by atoms with E-state index in [1.54, 1.807) is 0 Å². The molecule has 0 aromatic heterocycles. The van der Waals surface area contributed by atoms with Gasteiger partial charge in [0.15, 0.2) is 12.6 Å². The van der Waals surface area contributed by atoms with Crippen molar-refractivity contribution in [2.75, 3.05) is 13.2 Å². The molecule has 16 atom stereocenters. The molecule has 16 heteroatoms. The number of aliphatic hydroxyl groups excluding tert-OH is 1. The molecule has 7 unspecified atom stereocenters. The lowest BCUT2D eigenvalue weighted by molar-refractivity contribution is -0.381. The number of hydrogen-bond donors (Lipinski definition) is 1. The van der Waals surface area contributed by atoms with Gasteiger partial charge in [0.25, 0.3) is 0 Å². The van der Waals surface area contributed by atoms with Crippen molar-refractivity contribution in [3.05, 3.63) is 395 Å². The first kappa shape index (κ1) is 78.5. The van der Waals surface area contributed by atoms with Crippen LogP contribution in [0.3, 0.4) is 0 Å². The number of ether oxygens (including phenoxy) is 15. The third-order valence-electron chi connectivity index (χ3n) is 20.1. The first-order chi connectivity index (χ1) is 55.0. The Balaban J connectivity index is 0.913. The minimum absolute atomic E-state index is 0.0269. The fourth-order valence-corrected chi connectivity index (χ4v) is 14.3. The summed E-state index contributed by atoms with van der Waals surface area (Å²) < 4.78 is 110. The highest BCUT2D eigenvalue weighted by molar-refractivity contribution is 5.23. The van der Waals surface area contributed by atoms with Gasteiger partial charge in [0.1, 0.15) is 85.5 Å². The fourth-order valence-electron chi connectivity index (χ4n) is 14.3. The second kappa shape index (κ2) is 41.9. The molecular formula is C95H98O16. The molecule has 1 N–H and O–H groups in total. The highest BCUT2D eigenvalue weighted by Gasteiger charge is 2.60. The van der Waals surface area contributed by atoms with Crippen molar-refractivity contribution in [3.63, 3.8) is 0 Å². The SMILES string of the molecule is O[C@@H]1C(O[C@H]2OC(COCc3ccccc3)[C@@H](OCc3ccccc3)[C@H](OCc3ccccc3)C2OCc2ccccc2)C(OCc2ccccc2)[C@@H](OCc2ccccc2)[C@H](OCc2ccccc2)C1O[C@H]1OC(COCc2ccccc2)[C@@H](OCc2ccccc2)C(OCc2ccccc2)[C@H]1OCc1ccccc1. The molecule has 0 radical (unpaired) electrons. The molecule has 1 saturated carbocycles. The predicted molar refractivity (Wildman–Crippen MR) is 420 cm³/mol. The molecule has 3 fully saturated rings. The Morgan fingerprint density at radius 2 is 0.351 bits per heavy atom. The van der Waals surface area contributed by atoms with Crippen LogP contribution in [0, 0.1) is 0 Å². The number of hydrogen-bond acceptors (Lipinski definition) is 16. The molecule has 1 aliphatic carbocycles. The second-order valence-electron chi connectivity index (χ2n) is 28.1. The molecule has 2 saturated heterocycles. The predicted octanol–water partition coefficient (Wildman–Crippen LogP) is 16.3. The summed E-state index contributed by atoms with van der Waals surface area (Å²) in [6.45, 7) is 1.71. The van der Waals surface area contributed by atoms with E-state index in [0.717, 1.165) is 61.2 Å². The van der Waals surface area contributed by atoms with Crippen LogP contribution in [-0.4, -0.2) is 116 Å². The third kappa shape index (κ3) is 22.8. The van der Waals surface area contributed by atoms with E-state index in [0.29, 0.717) is 0 Å². The lowest BCUT2D eigenvalue weighted by atomic mass is 9.83. The van der Waals surface area contributed by atoms with E-state index >= 15 is 0 Å². The Labute approximate surface area is 651 Å². The van der Waals surface area contributed by atoms with Gasteiger partial charge in [0.2, 0.25) is 0 Å². The molecule has 11 aromatic rings. The fraction of sp³-hybridized carbons (Fsp3) is 0.305. The van der Waals surface area contributed by atoms with Crippen LogP contribution in [-0.2, 0) is 144 Å². The first-order valence-corrected chi connectivity index (χ1v) is 38.4. The topological polar surface area (TPSA) is 159 Å². The Morgan fingerprint density at radius 1 is 0.189 bits per heavy atom. The van der Waals surface area contributed by atoms with Crippen molar-refractivity contribution in [2.24, 2.45) is 0 Å². The van der Waals surface area contributed by atoms with E-state index in [2.05, 4.69) is 0 Å². The lowest BCUT2D eigenvalue weighted by Crippen LogP contribution is -2.70. The lowest BCUT2D eigenvalue weighted by Gasteiger charge is -2.53. The van der Waals surface area contributed by atoms with Crippen molar-refractivity contribution in [2.45, 2.75) is 171 Å². The highest BCUT2D eigenvalue weighted by Crippen LogP contribution is 2.41. The molecule has 11 aromatic carbocycles. The largest absolute Gasteiger partial charge is 0.387 e. The van der Waals surface area contributed by atoms with Crippen LogP contribution in [0.2, 0.25) is 0 Å². The molecular weight excluding hydrogens is 1400 g/mol. The number of aliphatic hydroxyl groups is 1. The standard InChI is InChI=1S/C95H98O16/c96-82-85(110-94-92(106-65-78-52-30-10-31-53-78)87(101-60-73-42-20-5-21-43-73)83(99-58-71-38-16-3-17-39-71)80(108-94)67-97-56-69-34-12-1-13-35-69)89(103-62-75-46-24-7-25-47-75)91(105-64-77-50-28-9-29-51-77)90(104-63-76-48-26-8-27-49-76)86(82)111-95-93(107-66-79-54-32-11-33-55-79)88(102-61-74-44-22-6-23-45-74)84(100-59-72-40-18-4-19-41-72)81(109-95)68-98-57-70-36-14-2-15-37-70/h1-55,80-96H,56-68H2/t80?,81?,82-,83-,84-,85?,86?,87+,88?,89?,90-,91-,92?,93-,94-,95-/m1/s1. The molecule has 2 heterocycles. The van der Waals surface area contributed by atoms with Gasteiger partial charge in [-0.25, -0.2) is 0 Å². The van der Waals surface area contributed by atoms with Crippen molar-refractivity contribution >= 4 is 0 Å². The van der Waals surface area contributed by atoms with E-state index in [1.807, 2.05) is 334 Å². The van der Waals surface area contributed by atoms with Gasteiger partial charge in [0.05, 0.1) is 85.9 Å². The summed E-state index contributed by atoms with van der Waals surface area (Å²) in [5.41, 5.74) is 10.00. The minimum Gasteiger partial charge on any atom is -0.387 e. The van der Waals surface area contributed by atoms with Crippen LogP contribution in [0.1, 0.15) is 61.2 Å². The van der Waals surface area contributed by atoms with E-state index in [9.17, 15) is 5.11 Å². The zero-order valence-corrected chi connectivity index (χ0v) is 62.3. The van der Waals surface area contributed by atoms with Gasteiger partial charge < -0.3 is 76.2 Å². The summed E-state index contributed by atoms with van der Waals surface area (Å²) in [6.07, 6.45) is -18.1. The molecule has 14 rings (SSSR count). The van der Waals surface area contributed by atoms with Crippen LogP contribution in [0.4, 0.5) is 0 Å². The van der Waals surface area contributed by atoms with E-state index in [1.165, 1.54) is 0 Å². The summed E-state index contributed by atoms with van der Waals surface area (Å²) in [5.74, 6) is 0. The Morgan fingerprint density at radius 3 is 0.559 bits per heavy atom. The Kier molecular flexibility index (Phi) is 29.6. The molecule has 574 valence electrons. The zero-order chi connectivity index (χ0) is 75.3. The minimum atomic E-state index is -1.67. The molecule has 16 nitrogen and oxygen atoms in total. The average molecular weight is 1500 g/mol. The van der Waals surface area contributed by atoms with Gasteiger partial charge in [-0.05, 0) is 61.2 Å². The smallest absolute Gasteiger partial charge is 0.187 e. The van der Waals surface area contributed by atoms with Crippen LogP contribution in [0.25, 0.3) is 0 Å². The number of rotatable bonds is 39. The third-order valence-corrected chi connectivity index (χ3v) is 20.1. The van der Waals surface area contributed by atoms with Crippen molar-refractivity contribution < 1.29 is 76.2 Å². The Hall–Kier alpha value is -9.22. The van der Waals surface area contributed by atoms with Crippen LogP contribution >= 0.6 is 0 Å². The molecule has 0 bridgehead atoms. The molecule has 0 spiro atoms. The van der Waals surface area contributed by atoms with Crippen molar-refractivity contribution in [1.29, 1.82) is 0 Å². The average Bonchev–Trinajstić information content (AvgIpc) is 0.750. The second-order valence-corrected chi connectivity index (χ2v) is 28.1.